The topological polar surface area (TPSA) is 103 Å². The van der Waals surface area contributed by atoms with Crippen LogP contribution >= 0.6 is 0 Å². The summed E-state index contributed by atoms with van der Waals surface area (Å²) in [5, 5.41) is 4.81. The number of carbonyl (C=O) groups is 3. The largest absolute Gasteiger partial charge is 0.490 e. The molecule has 8 nitrogen and oxygen atoms in total. The first-order valence-electron chi connectivity index (χ1n) is 21.1. The molecule has 2 amide bonds. The summed E-state index contributed by atoms with van der Waals surface area (Å²) >= 11 is 0. The van der Waals surface area contributed by atoms with Crippen LogP contribution < -0.4 is 15.4 Å². The van der Waals surface area contributed by atoms with Gasteiger partial charge >= 0.3 is 18.0 Å². The zero-order chi connectivity index (χ0) is 36.9. The van der Waals surface area contributed by atoms with Gasteiger partial charge in [0, 0.05) is 0 Å². The normalized spacial score (nSPS) is 10.9. The fourth-order valence-corrected chi connectivity index (χ4v) is 6.19. The van der Waals surface area contributed by atoms with Crippen LogP contribution in [-0.4, -0.2) is 50.9 Å². The first-order chi connectivity index (χ1) is 25.0. The van der Waals surface area contributed by atoms with E-state index < -0.39 is 18.0 Å². The SMILES string of the molecule is CCCCCCCCCCCCCCCCCCOC(=O)CNC(=O)NCC(=O)OCCOc1ccc(CCCCCCCCCCCC)cc1. The number of benzene rings is 1. The minimum absolute atomic E-state index is 0.0776. The second kappa shape index (κ2) is 35.6. The summed E-state index contributed by atoms with van der Waals surface area (Å²) in [4.78, 5) is 35.8. The molecule has 0 heterocycles. The van der Waals surface area contributed by atoms with Gasteiger partial charge in [0.1, 0.15) is 32.1 Å². The number of nitrogens with one attached hydrogen (secondary N) is 2. The third-order valence-corrected chi connectivity index (χ3v) is 9.40. The molecular formula is C43H76N2O6. The molecule has 0 atom stereocenters. The van der Waals surface area contributed by atoms with Crippen molar-refractivity contribution in [1.82, 2.24) is 10.6 Å². The lowest BCUT2D eigenvalue weighted by atomic mass is 10.0. The highest BCUT2D eigenvalue weighted by molar-refractivity contribution is 5.83. The Morgan fingerprint density at radius 2 is 0.824 bits per heavy atom. The quantitative estimate of drug-likeness (QED) is 0.0529. The maximum Gasteiger partial charge on any atom is 0.325 e. The second-order valence-electron chi connectivity index (χ2n) is 14.2. The minimum Gasteiger partial charge on any atom is -0.490 e. The first-order valence-corrected chi connectivity index (χ1v) is 21.1. The van der Waals surface area contributed by atoms with Crippen molar-refractivity contribution in [3.05, 3.63) is 29.8 Å². The van der Waals surface area contributed by atoms with Crippen LogP contribution in [0.4, 0.5) is 4.79 Å². The van der Waals surface area contributed by atoms with Crippen molar-refractivity contribution in [2.24, 2.45) is 0 Å². The van der Waals surface area contributed by atoms with Crippen molar-refractivity contribution in [3.63, 3.8) is 0 Å². The van der Waals surface area contributed by atoms with E-state index in [4.69, 9.17) is 14.2 Å². The van der Waals surface area contributed by atoms with E-state index in [1.807, 2.05) is 12.1 Å². The van der Waals surface area contributed by atoms with Gasteiger partial charge in [0.15, 0.2) is 0 Å². The minimum atomic E-state index is -0.625. The monoisotopic (exact) mass is 717 g/mol. The predicted molar refractivity (Wildman–Crippen MR) is 210 cm³/mol. The zero-order valence-electron chi connectivity index (χ0n) is 32.9. The standard InChI is InChI=1S/C43H76N2O6/c1-3-5-7-9-11-13-15-16-17-18-19-20-22-24-26-28-34-50-41(46)37-44-43(48)45-38-42(47)51-36-35-49-40-32-30-39(31-33-40)29-27-25-23-21-14-12-10-8-6-4-2/h30-33H,3-29,34-38H2,1-2H3,(H2,44,45,48). The summed E-state index contributed by atoms with van der Waals surface area (Å²) in [6.07, 6.45) is 35.1. The fraction of sp³-hybridized carbons (Fsp3) is 0.791. The van der Waals surface area contributed by atoms with Crippen LogP contribution in [-0.2, 0) is 25.5 Å². The van der Waals surface area contributed by atoms with E-state index in [1.165, 1.54) is 153 Å². The number of rotatable bonds is 36. The molecule has 51 heavy (non-hydrogen) atoms. The van der Waals surface area contributed by atoms with Crippen molar-refractivity contribution in [2.45, 2.75) is 187 Å². The number of amides is 2. The highest BCUT2D eigenvalue weighted by atomic mass is 16.6. The molecule has 0 unspecified atom stereocenters. The molecule has 0 aliphatic carbocycles. The van der Waals surface area contributed by atoms with E-state index in [0.29, 0.717) is 6.61 Å². The molecule has 0 aliphatic heterocycles. The Morgan fingerprint density at radius 3 is 1.25 bits per heavy atom. The molecule has 0 saturated heterocycles. The van der Waals surface area contributed by atoms with Gasteiger partial charge in [-0.05, 0) is 37.0 Å². The number of ether oxygens (including phenoxy) is 3. The van der Waals surface area contributed by atoms with E-state index in [0.717, 1.165) is 31.4 Å². The van der Waals surface area contributed by atoms with E-state index in [-0.39, 0.29) is 26.3 Å². The molecule has 0 bridgehead atoms. The molecule has 1 aromatic rings. The van der Waals surface area contributed by atoms with Crippen molar-refractivity contribution >= 4 is 18.0 Å². The van der Waals surface area contributed by atoms with Gasteiger partial charge in [0.2, 0.25) is 0 Å². The Bertz CT molecular complexity index is 954. The van der Waals surface area contributed by atoms with Gasteiger partial charge in [0.25, 0.3) is 0 Å². The van der Waals surface area contributed by atoms with Gasteiger partial charge in [-0.25, -0.2) is 4.79 Å². The molecule has 0 aromatic heterocycles. The third kappa shape index (κ3) is 31.7. The Hall–Kier alpha value is -2.77. The van der Waals surface area contributed by atoms with Gasteiger partial charge in [-0.1, -0.05) is 180 Å². The predicted octanol–water partition coefficient (Wildman–Crippen LogP) is 11.2. The Morgan fingerprint density at radius 1 is 0.451 bits per heavy atom. The molecule has 0 radical (unpaired) electrons. The van der Waals surface area contributed by atoms with Crippen molar-refractivity contribution in [2.75, 3.05) is 32.9 Å². The number of urea groups is 1. The summed E-state index contributed by atoms with van der Waals surface area (Å²) < 4.78 is 16.0. The molecule has 8 heteroatoms. The Kier molecular flexibility index (Phi) is 32.3. The van der Waals surface area contributed by atoms with E-state index in [1.54, 1.807) is 0 Å². The Balaban J connectivity index is 1.90. The van der Waals surface area contributed by atoms with Crippen LogP contribution in [0.1, 0.15) is 186 Å². The lowest BCUT2D eigenvalue weighted by molar-refractivity contribution is -0.143. The van der Waals surface area contributed by atoms with E-state index in [2.05, 4.69) is 36.6 Å². The summed E-state index contributed by atoms with van der Waals surface area (Å²) in [5.74, 6) is -0.332. The van der Waals surface area contributed by atoms with Crippen LogP contribution in [0.3, 0.4) is 0 Å². The molecule has 0 aliphatic rings. The van der Waals surface area contributed by atoms with Gasteiger partial charge in [-0.2, -0.15) is 0 Å². The number of hydrogen-bond acceptors (Lipinski definition) is 6. The molecule has 0 saturated carbocycles. The lowest BCUT2D eigenvalue weighted by Crippen LogP contribution is -2.41. The fourth-order valence-electron chi connectivity index (χ4n) is 6.19. The molecule has 294 valence electrons. The molecule has 0 spiro atoms. The average molecular weight is 717 g/mol. The van der Waals surface area contributed by atoms with Crippen LogP contribution in [0.2, 0.25) is 0 Å². The lowest BCUT2D eigenvalue weighted by Gasteiger charge is -2.10. The Labute approximate surface area is 312 Å². The van der Waals surface area contributed by atoms with Crippen LogP contribution in [0.15, 0.2) is 24.3 Å². The second-order valence-corrected chi connectivity index (χ2v) is 14.2. The molecule has 0 fully saturated rings. The van der Waals surface area contributed by atoms with E-state index in [9.17, 15) is 14.4 Å². The van der Waals surface area contributed by atoms with Crippen LogP contribution in [0.25, 0.3) is 0 Å². The smallest absolute Gasteiger partial charge is 0.325 e. The number of esters is 2. The average Bonchev–Trinajstić information content (AvgIpc) is 3.14. The summed E-state index contributed by atoms with van der Waals surface area (Å²) in [7, 11) is 0. The molecular weight excluding hydrogens is 640 g/mol. The summed E-state index contributed by atoms with van der Waals surface area (Å²) in [6.45, 7) is 4.65. The molecule has 2 N–H and O–H groups in total. The molecule has 1 aromatic carbocycles. The third-order valence-electron chi connectivity index (χ3n) is 9.40. The summed E-state index contributed by atoms with van der Waals surface area (Å²) in [5.41, 5.74) is 1.31. The number of carbonyl (C=O) groups excluding carboxylic acids is 3. The highest BCUT2D eigenvalue weighted by Crippen LogP contribution is 2.16. The van der Waals surface area contributed by atoms with Gasteiger partial charge in [-0.3, -0.25) is 9.59 Å². The maximum absolute atomic E-state index is 12.0. The highest BCUT2D eigenvalue weighted by Gasteiger charge is 2.09. The number of unbranched alkanes of at least 4 members (excludes halogenated alkanes) is 24. The first kappa shape index (κ1) is 46.3. The maximum atomic E-state index is 12.0. The number of aryl methyl sites for hydroxylation is 1. The van der Waals surface area contributed by atoms with Crippen molar-refractivity contribution in [3.8, 4) is 5.75 Å². The van der Waals surface area contributed by atoms with Gasteiger partial charge in [0.05, 0.1) is 6.61 Å². The van der Waals surface area contributed by atoms with Crippen LogP contribution in [0.5, 0.6) is 5.75 Å². The van der Waals surface area contributed by atoms with Gasteiger partial charge in [-0.15, -0.1) is 0 Å². The molecule has 1 rings (SSSR count). The van der Waals surface area contributed by atoms with Gasteiger partial charge < -0.3 is 24.8 Å². The zero-order valence-corrected chi connectivity index (χ0v) is 32.9. The number of hydrogen-bond donors (Lipinski definition) is 2. The van der Waals surface area contributed by atoms with E-state index >= 15 is 0 Å². The summed E-state index contributed by atoms with van der Waals surface area (Å²) in [6, 6.07) is 7.46. The van der Waals surface area contributed by atoms with Crippen molar-refractivity contribution < 1.29 is 28.6 Å². The van der Waals surface area contributed by atoms with Crippen molar-refractivity contribution in [1.29, 1.82) is 0 Å². The van der Waals surface area contributed by atoms with Crippen LogP contribution in [0, 0.1) is 0 Å².